The fourth-order valence-electron chi connectivity index (χ4n) is 3.90. The summed E-state index contributed by atoms with van der Waals surface area (Å²) in [6.45, 7) is 5.48. The minimum atomic E-state index is -0.427. The maximum absolute atomic E-state index is 14.4. The van der Waals surface area contributed by atoms with Gasteiger partial charge in [-0.1, -0.05) is 29.3 Å². The van der Waals surface area contributed by atoms with Crippen LogP contribution in [0.25, 0.3) is 0 Å². The van der Waals surface area contributed by atoms with Crippen LogP contribution in [0, 0.1) is 11.7 Å². The number of benzene rings is 1. The molecule has 1 fully saturated rings. The summed E-state index contributed by atoms with van der Waals surface area (Å²) in [6.07, 6.45) is 3.71. The van der Waals surface area contributed by atoms with Crippen LogP contribution in [-0.2, 0) is 9.53 Å². The lowest BCUT2D eigenvalue weighted by Crippen LogP contribution is -2.49. The summed E-state index contributed by atoms with van der Waals surface area (Å²) in [4.78, 5) is 13.0. The summed E-state index contributed by atoms with van der Waals surface area (Å²) >= 11 is 11.9. The second-order valence-corrected chi connectivity index (χ2v) is 7.83. The summed E-state index contributed by atoms with van der Waals surface area (Å²) in [5, 5.41) is 7.50. The number of rotatable bonds is 5. The summed E-state index contributed by atoms with van der Waals surface area (Å²) in [7, 11) is 0. The molecule has 0 spiro atoms. The molecular weight excluding hydrogens is 416 g/mol. The van der Waals surface area contributed by atoms with Crippen LogP contribution in [0.15, 0.2) is 48.3 Å². The number of carbonyl (C=O) groups is 1. The standard InChI is InChI=1S/C18H16Cl2FN3.C3H6O2/c1-18-8-14(24-11-4-2-3-10(19)7-11)15(18)13(9-23-18)12-5-6-22-17(20)16(12)21;1-2-5-3-4/h2-8,13,15,23-24H,9H2,1H3;3H,2H2,1H3. The molecule has 4 rings (SSSR count). The Morgan fingerprint density at radius 2 is 2.21 bits per heavy atom. The number of ether oxygens (including phenoxy) is 1. The van der Waals surface area contributed by atoms with Crippen molar-refractivity contribution in [1.29, 1.82) is 0 Å². The molecule has 29 heavy (non-hydrogen) atoms. The van der Waals surface area contributed by atoms with Crippen molar-refractivity contribution in [2.24, 2.45) is 5.92 Å². The van der Waals surface area contributed by atoms with Gasteiger partial charge in [0, 0.05) is 46.5 Å². The average molecular weight is 438 g/mol. The third-order valence-electron chi connectivity index (χ3n) is 5.17. The Hall–Kier alpha value is -2.15. The summed E-state index contributed by atoms with van der Waals surface area (Å²) in [6, 6.07) is 9.29. The normalized spacial score (nSPS) is 24.4. The van der Waals surface area contributed by atoms with Crippen molar-refractivity contribution in [3.8, 4) is 0 Å². The fourth-order valence-corrected chi connectivity index (χ4v) is 4.25. The Morgan fingerprint density at radius 1 is 1.41 bits per heavy atom. The highest BCUT2D eigenvalue weighted by atomic mass is 35.5. The summed E-state index contributed by atoms with van der Waals surface area (Å²) in [5.41, 5.74) is 2.46. The molecule has 1 aliphatic heterocycles. The van der Waals surface area contributed by atoms with Gasteiger partial charge in [0.15, 0.2) is 11.0 Å². The van der Waals surface area contributed by atoms with E-state index in [0.717, 1.165) is 11.4 Å². The van der Waals surface area contributed by atoms with Crippen molar-refractivity contribution < 1.29 is 13.9 Å². The van der Waals surface area contributed by atoms with Gasteiger partial charge in [-0.2, -0.15) is 0 Å². The van der Waals surface area contributed by atoms with Gasteiger partial charge in [-0.05, 0) is 49.8 Å². The molecule has 0 saturated carbocycles. The molecular formula is C21H22Cl2FN3O2. The van der Waals surface area contributed by atoms with Crippen LogP contribution < -0.4 is 10.6 Å². The van der Waals surface area contributed by atoms with Crippen molar-refractivity contribution in [2.45, 2.75) is 25.3 Å². The Morgan fingerprint density at radius 3 is 2.86 bits per heavy atom. The van der Waals surface area contributed by atoms with Crippen LogP contribution in [0.4, 0.5) is 10.1 Å². The zero-order valence-electron chi connectivity index (χ0n) is 16.1. The molecule has 0 amide bonds. The van der Waals surface area contributed by atoms with E-state index in [1.807, 2.05) is 24.3 Å². The minimum Gasteiger partial charge on any atom is -0.468 e. The van der Waals surface area contributed by atoms with Gasteiger partial charge in [0.25, 0.3) is 6.47 Å². The Kier molecular flexibility index (Phi) is 6.77. The molecule has 8 heteroatoms. The topological polar surface area (TPSA) is 63.3 Å². The lowest BCUT2D eigenvalue weighted by Gasteiger charge is -2.43. The number of halogens is 3. The van der Waals surface area contributed by atoms with Gasteiger partial charge in [-0.15, -0.1) is 0 Å². The maximum atomic E-state index is 14.4. The number of hydrogen-bond acceptors (Lipinski definition) is 5. The Labute approximate surface area is 179 Å². The predicted molar refractivity (Wildman–Crippen MR) is 113 cm³/mol. The van der Waals surface area contributed by atoms with Gasteiger partial charge < -0.3 is 15.4 Å². The third-order valence-corrected chi connectivity index (χ3v) is 5.66. The SMILES string of the molecule is CC12C=C(Nc3cccc(Cl)c3)C1C(c1ccnc(Cl)c1F)CN2.CCOC=O. The highest BCUT2D eigenvalue weighted by Crippen LogP contribution is 2.51. The first-order valence-corrected chi connectivity index (χ1v) is 10.0. The number of hydrogen-bond donors (Lipinski definition) is 2. The van der Waals surface area contributed by atoms with Crippen LogP contribution in [0.3, 0.4) is 0 Å². The molecule has 2 aliphatic rings. The van der Waals surface area contributed by atoms with E-state index in [2.05, 4.69) is 33.4 Å². The van der Waals surface area contributed by atoms with Crippen molar-refractivity contribution in [3.05, 3.63) is 69.9 Å². The number of aromatic nitrogens is 1. The van der Waals surface area contributed by atoms with Crippen LogP contribution in [-0.4, -0.2) is 30.1 Å². The molecule has 1 saturated heterocycles. The predicted octanol–water partition coefficient (Wildman–Crippen LogP) is 4.78. The van der Waals surface area contributed by atoms with E-state index in [1.54, 1.807) is 19.2 Å². The van der Waals surface area contributed by atoms with Gasteiger partial charge in [-0.25, -0.2) is 9.37 Å². The van der Waals surface area contributed by atoms with Crippen LogP contribution >= 0.6 is 23.2 Å². The highest BCUT2D eigenvalue weighted by Gasteiger charge is 2.53. The van der Waals surface area contributed by atoms with Crippen molar-refractivity contribution in [2.75, 3.05) is 18.5 Å². The molecule has 5 nitrogen and oxygen atoms in total. The summed E-state index contributed by atoms with van der Waals surface area (Å²) < 4.78 is 18.6. The highest BCUT2D eigenvalue weighted by molar-refractivity contribution is 6.30. The number of anilines is 1. The quantitative estimate of drug-likeness (QED) is 0.520. The van der Waals surface area contributed by atoms with E-state index in [0.29, 0.717) is 30.2 Å². The van der Waals surface area contributed by atoms with E-state index in [1.165, 1.54) is 0 Å². The average Bonchev–Trinajstić information content (AvgIpc) is 2.94. The third kappa shape index (κ3) is 4.55. The maximum Gasteiger partial charge on any atom is 0.293 e. The van der Waals surface area contributed by atoms with Crippen LogP contribution in [0.2, 0.25) is 10.2 Å². The Balaban J connectivity index is 0.000000431. The van der Waals surface area contributed by atoms with Gasteiger partial charge >= 0.3 is 0 Å². The smallest absolute Gasteiger partial charge is 0.293 e. The minimum absolute atomic E-state index is 0.00202. The monoisotopic (exact) mass is 437 g/mol. The lowest BCUT2D eigenvalue weighted by atomic mass is 9.68. The molecule has 0 bridgehead atoms. The number of carbonyl (C=O) groups excluding carboxylic acids is 1. The number of nitrogens with zero attached hydrogens (tertiary/aromatic N) is 1. The van der Waals surface area contributed by atoms with E-state index in [9.17, 15) is 9.18 Å². The molecule has 3 unspecified atom stereocenters. The molecule has 3 atom stereocenters. The second-order valence-electron chi connectivity index (χ2n) is 7.04. The van der Waals surface area contributed by atoms with Gasteiger partial charge in [-0.3, -0.25) is 4.79 Å². The van der Waals surface area contributed by atoms with Crippen molar-refractivity contribution in [3.63, 3.8) is 0 Å². The first-order chi connectivity index (χ1) is 13.9. The first-order valence-electron chi connectivity index (χ1n) is 9.25. The number of fused-ring (bicyclic) bond motifs is 1. The lowest BCUT2D eigenvalue weighted by molar-refractivity contribution is -0.128. The van der Waals surface area contributed by atoms with E-state index < -0.39 is 5.82 Å². The van der Waals surface area contributed by atoms with E-state index in [-0.39, 0.29) is 22.5 Å². The molecule has 1 aromatic heterocycles. The molecule has 2 heterocycles. The van der Waals surface area contributed by atoms with E-state index >= 15 is 0 Å². The first kappa shape index (κ1) is 21.6. The summed E-state index contributed by atoms with van der Waals surface area (Å²) in [5.74, 6) is -0.282. The van der Waals surface area contributed by atoms with Gasteiger partial charge in [0.1, 0.15) is 0 Å². The Bertz CT molecular complexity index is 925. The van der Waals surface area contributed by atoms with Crippen LogP contribution in [0.1, 0.15) is 25.3 Å². The van der Waals surface area contributed by atoms with Gasteiger partial charge in [0.2, 0.25) is 0 Å². The van der Waals surface area contributed by atoms with Crippen molar-refractivity contribution >= 4 is 35.4 Å². The molecule has 1 aliphatic carbocycles. The van der Waals surface area contributed by atoms with E-state index in [4.69, 9.17) is 23.2 Å². The van der Waals surface area contributed by atoms with Gasteiger partial charge in [0.05, 0.1) is 6.61 Å². The largest absolute Gasteiger partial charge is 0.468 e. The zero-order chi connectivity index (χ0) is 21.0. The molecule has 0 radical (unpaired) electrons. The molecule has 1 aromatic carbocycles. The fraction of sp³-hybridized carbons (Fsp3) is 0.333. The van der Waals surface area contributed by atoms with Crippen molar-refractivity contribution in [1.82, 2.24) is 10.3 Å². The number of pyridine rings is 1. The molecule has 2 aromatic rings. The molecule has 154 valence electrons. The number of nitrogens with one attached hydrogen (secondary N) is 2. The second kappa shape index (κ2) is 9.11. The molecule has 2 N–H and O–H groups in total. The van der Waals surface area contributed by atoms with Crippen LogP contribution in [0.5, 0.6) is 0 Å². The zero-order valence-corrected chi connectivity index (χ0v) is 17.6.